The van der Waals surface area contributed by atoms with Gasteiger partial charge in [-0.05, 0) is 45.1 Å². The van der Waals surface area contributed by atoms with E-state index >= 15 is 0 Å². The van der Waals surface area contributed by atoms with E-state index in [1.54, 1.807) is 7.11 Å². The highest BCUT2D eigenvalue weighted by Crippen LogP contribution is 2.20. The van der Waals surface area contributed by atoms with Crippen LogP contribution in [0.3, 0.4) is 0 Å². The highest BCUT2D eigenvalue weighted by atomic mass is 16.5. The molecular formula is C14H29NO3. The minimum absolute atomic E-state index is 0.466. The minimum Gasteiger partial charge on any atom is -0.382 e. The number of hydrogen-bond acceptors (Lipinski definition) is 4. The van der Waals surface area contributed by atoms with Gasteiger partial charge in [-0.15, -0.1) is 0 Å². The van der Waals surface area contributed by atoms with Crippen molar-refractivity contribution >= 4 is 0 Å². The average Bonchev–Trinajstić information content (AvgIpc) is 2.42. The number of unbranched alkanes of at least 4 members (excludes halogenated alkanes) is 1. The van der Waals surface area contributed by atoms with Crippen LogP contribution in [0.4, 0.5) is 0 Å². The van der Waals surface area contributed by atoms with Crippen LogP contribution in [0.5, 0.6) is 0 Å². The van der Waals surface area contributed by atoms with Crippen LogP contribution in [0.15, 0.2) is 0 Å². The number of nitrogens with one attached hydrogen (secondary N) is 1. The van der Waals surface area contributed by atoms with E-state index < -0.39 is 0 Å². The smallest absolute Gasteiger partial charge is 0.0700 e. The summed E-state index contributed by atoms with van der Waals surface area (Å²) in [4.78, 5) is 0. The molecular weight excluding hydrogens is 230 g/mol. The van der Waals surface area contributed by atoms with Crippen LogP contribution in [-0.4, -0.2) is 52.7 Å². The maximum absolute atomic E-state index is 5.43. The Morgan fingerprint density at radius 3 is 2.72 bits per heavy atom. The molecule has 1 aliphatic rings. The van der Waals surface area contributed by atoms with Crippen molar-refractivity contribution in [2.24, 2.45) is 0 Å². The summed E-state index contributed by atoms with van der Waals surface area (Å²) in [6.07, 6.45) is 7.75. The first-order chi connectivity index (χ1) is 8.86. The molecule has 1 rings (SSSR count). The SMILES string of the molecule is COCCOCCCCNC1CCCC(OC)C1. The van der Waals surface area contributed by atoms with Crippen LogP contribution in [0, 0.1) is 0 Å². The lowest BCUT2D eigenvalue weighted by atomic mass is 9.93. The molecule has 0 aliphatic heterocycles. The normalized spacial score (nSPS) is 24.3. The number of ether oxygens (including phenoxy) is 3. The van der Waals surface area contributed by atoms with Crippen LogP contribution in [-0.2, 0) is 14.2 Å². The van der Waals surface area contributed by atoms with Crippen molar-refractivity contribution in [3.05, 3.63) is 0 Å². The standard InChI is InChI=1S/C14H29NO3/c1-16-10-11-18-9-4-3-8-15-13-6-5-7-14(12-13)17-2/h13-15H,3-12H2,1-2H3. The fourth-order valence-corrected chi connectivity index (χ4v) is 2.42. The molecule has 0 heterocycles. The van der Waals surface area contributed by atoms with Crippen LogP contribution in [0.25, 0.3) is 0 Å². The number of rotatable bonds is 10. The lowest BCUT2D eigenvalue weighted by Gasteiger charge is -2.28. The lowest BCUT2D eigenvalue weighted by Crippen LogP contribution is -2.37. The number of methoxy groups -OCH3 is 2. The predicted molar refractivity (Wildman–Crippen MR) is 73.0 cm³/mol. The van der Waals surface area contributed by atoms with Crippen molar-refractivity contribution in [2.75, 3.05) is 40.6 Å². The molecule has 0 aromatic rings. The third-order valence-corrected chi connectivity index (χ3v) is 3.54. The lowest BCUT2D eigenvalue weighted by molar-refractivity contribution is 0.0579. The van der Waals surface area contributed by atoms with E-state index in [1.165, 1.54) is 32.1 Å². The quantitative estimate of drug-likeness (QED) is 0.609. The van der Waals surface area contributed by atoms with Crippen LogP contribution in [0.1, 0.15) is 38.5 Å². The second kappa shape index (κ2) is 10.7. The molecule has 108 valence electrons. The van der Waals surface area contributed by atoms with Gasteiger partial charge in [0.25, 0.3) is 0 Å². The van der Waals surface area contributed by atoms with Gasteiger partial charge < -0.3 is 19.5 Å². The van der Waals surface area contributed by atoms with Crippen molar-refractivity contribution in [3.8, 4) is 0 Å². The van der Waals surface area contributed by atoms with Gasteiger partial charge in [0, 0.05) is 26.9 Å². The molecule has 0 aromatic heterocycles. The zero-order valence-corrected chi connectivity index (χ0v) is 12.0. The molecule has 0 saturated heterocycles. The van der Waals surface area contributed by atoms with Crippen LogP contribution >= 0.6 is 0 Å². The molecule has 0 amide bonds. The van der Waals surface area contributed by atoms with Gasteiger partial charge in [-0.2, -0.15) is 0 Å². The zero-order valence-electron chi connectivity index (χ0n) is 12.0. The van der Waals surface area contributed by atoms with E-state index in [9.17, 15) is 0 Å². The molecule has 1 fully saturated rings. The van der Waals surface area contributed by atoms with Crippen LogP contribution in [0.2, 0.25) is 0 Å². The Balaban J connectivity index is 1.88. The Kier molecular flexibility index (Phi) is 9.48. The Bertz CT molecular complexity index is 190. The Morgan fingerprint density at radius 1 is 1.06 bits per heavy atom. The summed E-state index contributed by atoms with van der Waals surface area (Å²) in [7, 11) is 3.52. The second-order valence-corrected chi connectivity index (χ2v) is 4.99. The largest absolute Gasteiger partial charge is 0.382 e. The first-order valence-corrected chi connectivity index (χ1v) is 7.19. The molecule has 0 radical (unpaired) electrons. The van der Waals surface area contributed by atoms with E-state index in [-0.39, 0.29) is 0 Å². The first kappa shape index (κ1) is 15.9. The van der Waals surface area contributed by atoms with Crippen molar-refractivity contribution in [1.29, 1.82) is 0 Å². The predicted octanol–water partition coefficient (Wildman–Crippen LogP) is 1.98. The molecule has 4 nitrogen and oxygen atoms in total. The fraction of sp³-hybridized carbons (Fsp3) is 1.00. The summed E-state index contributed by atoms with van der Waals surface area (Å²) in [6.45, 7) is 3.34. The summed E-state index contributed by atoms with van der Waals surface area (Å²) in [5.74, 6) is 0. The van der Waals surface area contributed by atoms with Gasteiger partial charge in [-0.3, -0.25) is 0 Å². The fourth-order valence-electron chi connectivity index (χ4n) is 2.42. The summed E-state index contributed by atoms with van der Waals surface area (Å²) in [5, 5.41) is 3.63. The number of hydrogen-bond donors (Lipinski definition) is 1. The van der Waals surface area contributed by atoms with E-state index in [4.69, 9.17) is 14.2 Å². The molecule has 0 aromatic carbocycles. The van der Waals surface area contributed by atoms with E-state index in [0.717, 1.165) is 19.6 Å². The van der Waals surface area contributed by atoms with Gasteiger partial charge in [-0.25, -0.2) is 0 Å². The maximum atomic E-state index is 5.43. The van der Waals surface area contributed by atoms with E-state index in [0.29, 0.717) is 25.4 Å². The third kappa shape index (κ3) is 7.31. The first-order valence-electron chi connectivity index (χ1n) is 7.19. The van der Waals surface area contributed by atoms with Gasteiger partial charge >= 0.3 is 0 Å². The van der Waals surface area contributed by atoms with Crippen molar-refractivity contribution in [2.45, 2.75) is 50.7 Å². The zero-order chi connectivity index (χ0) is 13.1. The Hall–Kier alpha value is -0.160. The molecule has 1 saturated carbocycles. The third-order valence-electron chi connectivity index (χ3n) is 3.54. The highest BCUT2D eigenvalue weighted by Gasteiger charge is 2.20. The topological polar surface area (TPSA) is 39.7 Å². The molecule has 1 N–H and O–H groups in total. The average molecular weight is 259 g/mol. The molecule has 2 atom stereocenters. The van der Waals surface area contributed by atoms with E-state index in [2.05, 4.69) is 5.32 Å². The van der Waals surface area contributed by atoms with Crippen LogP contribution < -0.4 is 5.32 Å². The molecule has 2 unspecified atom stereocenters. The maximum Gasteiger partial charge on any atom is 0.0700 e. The molecule has 0 spiro atoms. The highest BCUT2D eigenvalue weighted by molar-refractivity contribution is 4.78. The van der Waals surface area contributed by atoms with Crippen molar-refractivity contribution in [1.82, 2.24) is 5.32 Å². The molecule has 4 heteroatoms. The second-order valence-electron chi connectivity index (χ2n) is 4.99. The Labute approximate surface area is 111 Å². The van der Waals surface area contributed by atoms with Gasteiger partial charge in [0.05, 0.1) is 19.3 Å². The van der Waals surface area contributed by atoms with Crippen molar-refractivity contribution in [3.63, 3.8) is 0 Å². The summed E-state index contributed by atoms with van der Waals surface area (Å²) in [5.41, 5.74) is 0. The molecule has 1 aliphatic carbocycles. The van der Waals surface area contributed by atoms with Crippen molar-refractivity contribution < 1.29 is 14.2 Å². The summed E-state index contributed by atoms with van der Waals surface area (Å²) in [6, 6.07) is 0.651. The summed E-state index contributed by atoms with van der Waals surface area (Å²) < 4.78 is 15.8. The Morgan fingerprint density at radius 2 is 1.94 bits per heavy atom. The van der Waals surface area contributed by atoms with E-state index in [1.807, 2.05) is 7.11 Å². The summed E-state index contributed by atoms with van der Waals surface area (Å²) >= 11 is 0. The monoisotopic (exact) mass is 259 g/mol. The van der Waals surface area contributed by atoms with Gasteiger partial charge in [0.1, 0.15) is 0 Å². The molecule has 18 heavy (non-hydrogen) atoms. The minimum atomic E-state index is 0.466. The van der Waals surface area contributed by atoms with Gasteiger partial charge in [0.2, 0.25) is 0 Å². The van der Waals surface area contributed by atoms with Gasteiger partial charge in [-0.1, -0.05) is 0 Å². The van der Waals surface area contributed by atoms with Gasteiger partial charge in [0.15, 0.2) is 0 Å². The molecule has 0 bridgehead atoms.